The van der Waals surface area contributed by atoms with Crippen molar-refractivity contribution < 1.29 is 13.9 Å². The number of aryl methyl sites for hydroxylation is 2. The summed E-state index contributed by atoms with van der Waals surface area (Å²) in [6.07, 6.45) is 1.80. The molecular formula is C25H19ClFNO2S2. The lowest BCUT2D eigenvalue weighted by Crippen LogP contribution is -2.27. The first-order chi connectivity index (χ1) is 15.3. The molecule has 4 rings (SSSR count). The van der Waals surface area contributed by atoms with Crippen molar-refractivity contribution in [3.8, 4) is 5.75 Å². The summed E-state index contributed by atoms with van der Waals surface area (Å²) in [5.41, 5.74) is 4.19. The number of hydrogen-bond donors (Lipinski definition) is 0. The first kappa shape index (κ1) is 22.5. The molecule has 0 aromatic heterocycles. The van der Waals surface area contributed by atoms with E-state index in [1.807, 2.05) is 44.2 Å². The van der Waals surface area contributed by atoms with Gasteiger partial charge >= 0.3 is 0 Å². The number of thiocarbonyl (C=S) groups is 1. The van der Waals surface area contributed by atoms with E-state index in [2.05, 4.69) is 0 Å². The maximum Gasteiger partial charge on any atom is 0.270 e. The summed E-state index contributed by atoms with van der Waals surface area (Å²) >= 11 is 12.8. The number of nitrogens with zero attached hydrogens (tertiary/aromatic N) is 1. The summed E-state index contributed by atoms with van der Waals surface area (Å²) in [7, 11) is 0. The van der Waals surface area contributed by atoms with Crippen LogP contribution in [0.4, 0.5) is 10.1 Å². The van der Waals surface area contributed by atoms with Gasteiger partial charge in [-0.15, -0.1) is 0 Å². The number of ether oxygens (including phenoxy) is 1. The van der Waals surface area contributed by atoms with Crippen LogP contribution in [0.5, 0.6) is 5.75 Å². The summed E-state index contributed by atoms with van der Waals surface area (Å²) < 4.78 is 20.1. The normalized spacial score (nSPS) is 15.0. The van der Waals surface area contributed by atoms with E-state index in [1.54, 1.807) is 35.2 Å². The predicted octanol–water partition coefficient (Wildman–Crippen LogP) is 7.08. The summed E-state index contributed by atoms with van der Waals surface area (Å²) in [6.45, 7) is 4.07. The molecule has 0 radical (unpaired) electrons. The maximum atomic E-state index is 13.9. The molecule has 0 atom stereocenters. The fraction of sp³-hybridized carbons (Fsp3) is 0.120. The fourth-order valence-electron chi connectivity index (χ4n) is 3.19. The Kier molecular flexibility index (Phi) is 6.65. The van der Waals surface area contributed by atoms with E-state index in [0.717, 1.165) is 22.4 Å². The number of carbonyl (C=O) groups is 1. The zero-order valence-electron chi connectivity index (χ0n) is 17.4. The molecule has 1 fully saturated rings. The Morgan fingerprint density at radius 1 is 1.09 bits per heavy atom. The van der Waals surface area contributed by atoms with Gasteiger partial charge in [-0.2, -0.15) is 0 Å². The van der Waals surface area contributed by atoms with Gasteiger partial charge in [-0.1, -0.05) is 59.8 Å². The highest BCUT2D eigenvalue weighted by Crippen LogP contribution is 2.36. The molecule has 0 saturated carbocycles. The summed E-state index contributed by atoms with van der Waals surface area (Å²) in [5.74, 6) is 0.0295. The quantitative estimate of drug-likeness (QED) is 0.286. The predicted molar refractivity (Wildman–Crippen MR) is 134 cm³/mol. The van der Waals surface area contributed by atoms with E-state index >= 15 is 0 Å². The SMILES string of the molecule is Cc1ccc(N2C(=O)/C(=C/c3ccc(OCc4c(F)cccc4Cl)cc3)SC2=S)cc1C. The Balaban J connectivity index is 1.47. The van der Waals surface area contributed by atoms with Crippen molar-refractivity contribution in [1.82, 2.24) is 0 Å². The van der Waals surface area contributed by atoms with Crippen molar-refractivity contribution in [2.45, 2.75) is 20.5 Å². The Hall–Kier alpha value is -2.67. The van der Waals surface area contributed by atoms with Crippen LogP contribution in [0, 0.1) is 19.7 Å². The van der Waals surface area contributed by atoms with Crippen LogP contribution in [0.2, 0.25) is 5.02 Å². The molecule has 3 nitrogen and oxygen atoms in total. The van der Waals surface area contributed by atoms with Crippen LogP contribution in [0.15, 0.2) is 65.6 Å². The van der Waals surface area contributed by atoms with E-state index < -0.39 is 5.82 Å². The molecule has 1 aliphatic rings. The molecular weight excluding hydrogens is 465 g/mol. The average Bonchev–Trinajstić information content (AvgIpc) is 3.04. The Morgan fingerprint density at radius 3 is 2.53 bits per heavy atom. The van der Waals surface area contributed by atoms with Crippen LogP contribution in [-0.4, -0.2) is 10.2 Å². The van der Waals surface area contributed by atoms with E-state index in [9.17, 15) is 9.18 Å². The third-order valence-corrected chi connectivity index (χ3v) is 6.82. The average molecular weight is 484 g/mol. The van der Waals surface area contributed by atoms with Gasteiger partial charge in [0.1, 0.15) is 18.2 Å². The summed E-state index contributed by atoms with van der Waals surface area (Å²) in [5, 5.41) is 0.326. The Bertz CT molecular complexity index is 1220. The Labute approximate surface area is 200 Å². The third-order valence-electron chi connectivity index (χ3n) is 5.17. The van der Waals surface area contributed by atoms with Crippen LogP contribution in [-0.2, 0) is 11.4 Å². The lowest BCUT2D eigenvalue weighted by molar-refractivity contribution is -0.113. The molecule has 0 spiro atoms. The molecule has 1 saturated heterocycles. The zero-order valence-corrected chi connectivity index (χ0v) is 19.8. The fourth-order valence-corrected chi connectivity index (χ4v) is 4.71. The number of anilines is 1. The van der Waals surface area contributed by atoms with Crippen molar-refractivity contribution in [1.29, 1.82) is 0 Å². The van der Waals surface area contributed by atoms with E-state index in [-0.39, 0.29) is 12.5 Å². The van der Waals surface area contributed by atoms with Gasteiger partial charge in [-0.25, -0.2) is 4.39 Å². The van der Waals surface area contributed by atoms with E-state index in [0.29, 0.717) is 25.6 Å². The minimum atomic E-state index is -0.403. The molecule has 32 heavy (non-hydrogen) atoms. The van der Waals surface area contributed by atoms with Crippen LogP contribution in [0.3, 0.4) is 0 Å². The van der Waals surface area contributed by atoms with Gasteiger partial charge in [0.05, 0.1) is 15.6 Å². The monoisotopic (exact) mass is 483 g/mol. The van der Waals surface area contributed by atoms with Gasteiger partial charge in [0.15, 0.2) is 4.32 Å². The van der Waals surface area contributed by atoms with Crippen molar-refractivity contribution >= 4 is 57.6 Å². The maximum absolute atomic E-state index is 13.9. The van der Waals surface area contributed by atoms with Crippen molar-refractivity contribution in [3.63, 3.8) is 0 Å². The smallest absolute Gasteiger partial charge is 0.270 e. The number of benzene rings is 3. The first-order valence-electron chi connectivity index (χ1n) is 9.84. The van der Waals surface area contributed by atoms with Gasteiger partial charge in [0.25, 0.3) is 5.91 Å². The lowest BCUT2D eigenvalue weighted by atomic mass is 10.1. The van der Waals surface area contributed by atoms with Gasteiger partial charge < -0.3 is 4.74 Å². The third kappa shape index (κ3) is 4.72. The Morgan fingerprint density at radius 2 is 1.84 bits per heavy atom. The van der Waals surface area contributed by atoms with Crippen molar-refractivity contribution in [2.75, 3.05) is 4.90 Å². The second-order valence-electron chi connectivity index (χ2n) is 7.34. The molecule has 1 heterocycles. The van der Waals surface area contributed by atoms with Crippen LogP contribution in [0.1, 0.15) is 22.3 Å². The molecule has 3 aromatic carbocycles. The largest absolute Gasteiger partial charge is 0.489 e. The minimum Gasteiger partial charge on any atom is -0.489 e. The molecule has 162 valence electrons. The van der Waals surface area contributed by atoms with Gasteiger partial charge in [0, 0.05) is 5.56 Å². The van der Waals surface area contributed by atoms with Crippen LogP contribution < -0.4 is 9.64 Å². The molecule has 1 aliphatic heterocycles. The molecule has 0 bridgehead atoms. The first-order valence-corrected chi connectivity index (χ1v) is 11.4. The molecule has 1 amide bonds. The van der Waals surface area contributed by atoms with Crippen LogP contribution in [0.25, 0.3) is 6.08 Å². The molecule has 0 unspecified atom stereocenters. The summed E-state index contributed by atoms with van der Waals surface area (Å²) in [6, 6.07) is 17.6. The van der Waals surface area contributed by atoms with E-state index in [4.69, 9.17) is 28.6 Å². The second-order valence-corrected chi connectivity index (χ2v) is 9.43. The van der Waals surface area contributed by atoms with Gasteiger partial charge in [-0.3, -0.25) is 9.69 Å². The molecule has 3 aromatic rings. The van der Waals surface area contributed by atoms with Crippen molar-refractivity contribution in [3.05, 3.63) is 98.7 Å². The number of amides is 1. The highest BCUT2D eigenvalue weighted by atomic mass is 35.5. The molecule has 0 N–H and O–H groups in total. The number of carbonyl (C=O) groups excluding carboxylic acids is 1. The highest BCUT2D eigenvalue weighted by Gasteiger charge is 2.33. The topological polar surface area (TPSA) is 29.5 Å². The van der Waals surface area contributed by atoms with Crippen molar-refractivity contribution in [2.24, 2.45) is 0 Å². The number of halogens is 2. The molecule has 7 heteroatoms. The minimum absolute atomic E-state index is 0.0273. The van der Waals surface area contributed by atoms with E-state index in [1.165, 1.54) is 17.8 Å². The van der Waals surface area contributed by atoms with Gasteiger partial charge in [-0.05, 0) is 73.0 Å². The standard InChI is InChI=1S/C25H19ClFNO2S2/c1-15-6-9-18(12-16(15)2)28-24(29)23(32-25(28)31)13-17-7-10-19(11-8-17)30-14-20-21(26)4-3-5-22(20)27/h3-13H,14H2,1-2H3/b23-13-. The number of thioether (sulfide) groups is 1. The lowest BCUT2D eigenvalue weighted by Gasteiger charge is -2.15. The highest BCUT2D eigenvalue weighted by molar-refractivity contribution is 8.27. The second kappa shape index (κ2) is 9.45. The number of rotatable bonds is 5. The van der Waals surface area contributed by atoms with Crippen LogP contribution >= 0.6 is 35.6 Å². The molecule has 0 aliphatic carbocycles. The number of hydrogen-bond acceptors (Lipinski definition) is 4. The zero-order chi connectivity index (χ0) is 22.8. The van der Waals surface area contributed by atoms with Gasteiger partial charge in [0.2, 0.25) is 0 Å². The summed E-state index contributed by atoms with van der Waals surface area (Å²) in [4.78, 5) is 15.1.